The Balaban J connectivity index is 2.07. The third-order valence-electron chi connectivity index (χ3n) is 3.21. The lowest BCUT2D eigenvalue weighted by Gasteiger charge is -2.20. The Hall–Kier alpha value is -0.0400. The number of likely N-dealkylation sites (tertiary alicyclic amines) is 1. The molecular weight excluding hydrogens is 158 g/mol. The van der Waals surface area contributed by atoms with Crippen molar-refractivity contribution in [3.8, 4) is 0 Å². The first-order valence-electron chi connectivity index (χ1n) is 5.98. The Morgan fingerprint density at radius 3 is 2.46 bits per heavy atom. The van der Waals surface area contributed by atoms with E-state index in [9.17, 15) is 0 Å². The second kappa shape index (κ2) is 5.64. The second-order valence-electron chi connectivity index (χ2n) is 4.75. The van der Waals surface area contributed by atoms with Crippen molar-refractivity contribution < 1.29 is 0 Å². The lowest BCUT2D eigenvalue weighted by atomic mass is 10.1. The molecule has 0 spiro atoms. The van der Waals surface area contributed by atoms with Crippen molar-refractivity contribution in [1.29, 1.82) is 0 Å². The Morgan fingerprint density at radius 2 is 1.92 bits per heavy atom. The van der Waals surface area contributed by atoms with E-state index in [2.05, 4.69) is 25.7 Å². The Labute approximate surface area is 83.5 Å². The van der Waals surface area contributed by atoms with Crippen LogP contribution >= 0.6 is 0 Å². The molecule has 1 aliphatic heterocycles. The van der Waals surface area contributed by atoms with Gasteiger partial charge < -0.3 is 4.90 Å². The van der Waals surface area contributed by atoms with E-state index in [4.69, 9.17) is 0 Å². The molecule has 0 saturated carbocycles. The molecule has 1 saturated heterocycles. The molecule has 0 aromatic carbocycles. The monoisotopic (exact) mass is 183 g/mol. The third kappa shape index (κ3) is 3.68. The molecule has 1 fully saturated rings. The molecule has 1 heterocycles. The molecule has 0 radical (unpaired) electrons. The fraction of sp³-hybridized carbons (Fsp3) is 1.00. The SMILES string of the molecule is CCCCCCN1CC(C)CC1C. The predicted molar refractivity (Wildman–Crippen MR) is 59.0 cm³/mol. The quantitative estimate of drug-likeness (QED) is 0.591. The normalized spacial score (nSPS) is 29.8. The molecule has 1 heteroatoms. The van der Waals surface area contributed by atoms with Crippen LogP contribution in [0.1, 0.15) is 52.9 Å². The summed E-state index contributed by atoms with van der Waals surface area (Å²) in [6.07, 6.45) is 7.01. The van der Waals surface area contributed by atoms with Gasteiger partial charge in [-0.2, -0.15) is 0 Å². The summed E-state index contributed by atoms with van der Waals surface area (Å²) < 4.78 is 0. The van der Waals surface area contributed by atoms with Crippen LogP contribution in [0.15, 0.2) is 0 Å². The van der Waals surface area contributed by atoms with E-state index in [1.807, 2.05) is 0 Å². The van der Waals surface area contributed by atoms with Crippen LogP contribution in [-0.4, -0.2) is 24.0 Å². The van der Waals surface area contributed by atoms with E-state index < -0.39 is 0 Å². The minimum Gasteiger partial charge on any atom is -0.300 e. The van der Waals surface area contributed by atoms with E-state index in [1.165, 1.54) is 45.2 Å². The highest BCUT2D eigenvalue weighted by molar-refractivity contribution is 4.79. The summed E-state index contributed by atoms with van der Waals surface area (Å²) in [7, 11) is 0. The van der Waals surface area contributed by atoms with Gasteiger partial charge in [0.25, 0.3) is 0 Å². The Morgan fingerprint density at radius 1 is 1.15 bits per heavy atom. The van der Waals surface area contributed by atoms with Gasteiger partial charge in [0.1, 0.15) is 0 Å². The summed E-state index contributed by atoms with van der Waals surface area (Å²) in [4.78, 5) is 2.67. The highest BCUT2D eigenvalue weighted by Crippen LogP contribution is 2.22. The van der Waals surface area contributed by atoms with Gasteiger partial charge in [-0.15, -0.1) is 0 Å². The number of unbranched alkanes of at least 4 members (excludes halogenated alkanes) is 3. The van der Waals surface area contributed by atoms with Gasteiger partial charge >= 0.3 is 0 Å². The lowest BCUT2D eigenvalue weighted by Crippen LogP contribution is -2.28. The van der Waals surface area contributed by atoms with Gasteiger partial charge in [-0.3, -0.25) is 0 Å². The van der Waals surface area contributed by atoms with Gasteiger partial charge in [-0.25, -0.2) is 0 Å². The van der Waals surface area contributed by atoms with Crippen molar-refractivity contribution in [2.75, 3.05) is 13.1 Å². The average molecular weight is 183 g/mol. The number of nitrogens with zero attached hydrogens (tertiary/aromatic N) is 1. The zero-order chi connectivity index (χ0) is 9.68. The molecule has 0 aliphatic carbocycles. The summed E-state index contributed by atoms with van der Waals surface area (Å²) in [5.74, 6) is 0.932. The van der Waals surface area contributed by atoms with Crippen LogP contribution in [0.3, 0.4) is 0 Å². The molecular formula is C12H25N. The Bertz CT molecular complexity index is 133. The maximum absolute atomic E-state index is 2.67. The molecule has 1 nitrogen and oxygen atoms in total. The molecule has 0 aromatic heterocycles. The molecule has 2 atom stereocenters. The fourth-order valence-electron chi connectivity index (χ4n) is 2.44. The molecule has 1 aliphatic rings. The highest BCUT2D eigenvalue weighted by atomic mass is 15.2. The van der Waals surface area contributed by atoms with Crippen molar-refractivity contribution >= 4 is 0 Å². The smallest absolute Gasteiger partial charge is 0.00700 e. The maximum atomic E-state index is 2.67. The molecule has 0 aromatic rings. The largest absolute Gasteiger partial charge is 0.300 e. The van der Waals surface area contributed by atoms with Crippen LogP contribution < -0.4 is 0 Å². The van der Waals surface area contributed by atoms with Crippen molar-refractivity contribution in [1.82, 2.24) is 4.90 Å². The van der Waals surface area contributed by atoms with Crippen molar-refractivity contribution in [2.24, 2.45) is 5.92 Å². The van der Waals surface area contributed by atoms with Gasteiger partial charge in [0.05, 0.1) is 0 Å². The minimum absolute atomic E-state index is 0.844. The van der Waals surface area contributed by atoms with E-state index in [1.54, 1.807) is 0 Å². The Kier molecular flexibility index (Phi) is 4.79. The summed E-state index contributed by atoms with van der Waals surface area (Å²) in [5.41, 5.74) is 0. The molecule has 13 heavy (non-hydrogen) atoms. The number of rotatable bonds is 5. The number of hydrogen-bond acceptors (Lipinski definition) is 1. The zero-order valence-electron chi connectivity index (χ0n) is 9.55. The van der Waals surface area contributed by atoms with Gasteiger partial charge in [0.15, 0.2) is 0 Å². The van der Waals surface area contributed by atoms with Crippen LogP contribution in [-0.2, 0) is 0 Å². The first kappa shape index (κ1) is 11.0. The van der Waals surface area contributed by atoms with Crippen LogP contribution in [0.5, 0.6) is 0 Å². The minimum atomic E-state index is 0.844. The van der Waals surface area contributed by atoms with Crippen LogP contribution in [0.25, 0.3) is 0 Å². The lowest BCUT2D eigenvalue weighted by molar-refractivity contribution is 0.259. The van der Waals surface area contributed by atoms with Gasteiger partial charge in [-0.1, -0.05) is 33.1 Å². The average Bonchev–Trinajstić information content (AvgIpc) is 2.39. The first-order chi connectivity index (χ1) is 6.24. The molecule has 0 N–H and O–H groups in total. The summed E-state index contributed by atoms with van der Waals surface area (Å²) >= 11 is 0. The van der Waals surface area contributed by atoms with Gasteiger partial charge in [-0.05, 0) is 32.2 Å². The van der Waals surface area contributed by atoms with Crippen LogP contribution in [0.2, 0.25) is 0 Å². The van der Waals surface area contributed by atoms with Crippen molar-refractivity contribution in [3.63, 3.8) is 0 Å². The first-order valence-corrected chi connectivity index (χ1v) is 5.98. The maximum Gasteiger partial charge on any atom is 0.00700 e. The van der Waals surface area contributed by atoms with Crippen LogP contribution in [0.4, 0.5) is 0 Å². The van der Waals surface area contributed by atoms with E-state index in [-0.39, 0.29) is 0 Å². The van der Waals surface area contributed by atoms with E-state index >= 15 is 0 Å². The summed E-state index contributed by atoms with van der Waals surface area (Å²) in [5, 5.41) is 0. The van der Waals surface area contributed by atoms with Gasteiger partial charge in [0.2, 0.25) is 0 Å². The fourth-order valence-corrected chi connectivity index (χ4v) is 2.44. The molecule has 78 valence electrons. The second-order valence-corrected chi connectivity index (χ2v) is 4.75. The molecule has 1 rings (SSSR count). The summed E-state index contributed by atoms with van der Waals surface area (Å²) in [6, 6.07) is 0.844. The van der Waals surface area contributed by atoms with E-state index in [0.29, 0.717) is 0 Å². The predicted octanol–water partition coefficient (Wildman–Crippen LogP) is 3.30. The third-order valence-corrected chi connectivity index (χ3v) is 3.21. The molecule has 0 bridgehead atoms. The summed E-state index contributed by atoms with van der Waals surface area (Å²) in [6.45, 7) is 9.71. The van der Waals surface area contributed by atoms with Crippen molar-refractivity contribution in [2.45, 2.75) is 58.9 Å². The highest BCUT2D eigenvalue weighted by Gasteiger charge is 2.24. The number of hydrogen-bond donors (Lipinski definition) is 0. The zero-order valence-corrected chi connectivity index (χ0v) is 9.55. The standard InChI is InChI=1S/C12H25N/c1-4-5-6-7-8-13-10-11(2)9-12(13)3/h11-12H,4-10H2,1-3H3. The van der Waals surface area contributed by atoms with E-state index in [0.717, 1.165) is 12.0 Å². The molecule has 0 amide bonds. The molecule has 2 unspecified atom stereocenters. The topological polar surface area (TPSA) is 3.24 Å². The van der Waals surface area contributed by atoms with Gasteiger partial charge in [0, 0.05) is 12.6 Å². The van der Waals surface area contributed by atoms with Crippen molar-refractivity contribution in [3.05, 3.63) is 0 Å². The van der Waals surface area contributed by atoms with Crippen LogP contribution in [0, 0.1) is 5.92 Å².